The molecule has 18 heavy (non-hydrogen) atoms. The standard InChI is InChI=1S/C12H16BrN5/c1-4-18-12(9(13)7-16-18)11(14-3)10-5-6-15-8(2)17-10/h5-7,11,14H,4H2,1-3H3. The summed E-state index contributed by atoms with van der Waals surface area (Å²) < 4.78 is 2.95. The van der Waals surface area contributed by atoms with Crippen LogP contribution in [0.15, 0.2) is 22.9 Å². The number of rotatable bonds is 4. The molecule has 0 aliphatic heterocycles. The highest BCUT2D eigenvalue weighted by Gasteiger charge is 2.21. The van der Waals surface area contributed by atoms with Gasteiger partial charge in [-0.25, -0.2) is 9.97 Å². The first-order valence-corrected chi connectivity index (χ1v) is 6.64. The van der Waals surface area contributed by atoms with Crippen LogP contribution >= 0.6 is 15.9 Å². The van der Waals surface area contributed by atoms with Crippen LogP contribution in [0.2, 0.25) is 0 Å². The summed E-state index contributed by atoms with van der Waals surface area (Å²) in [4.78, 5) is 8.61. The highest BCUT2D eigenvalue weighted by atomic mass is 79.9. The van der Waals surface area contributed by atoms with Crippen molar-refractivity contribution in [2.45, 2.75) is 26.4 Å². The second-order valence-electron chi connectivity index (χ2n) is 3.94. The van der Waals surface area contributed by atoms with E-state index in [0.717, 1.165) is 28.2 Å². The van der Waals surface area contributed by atoms with Crippen LogP contribution in [0, 0.1) is 6.92 Å². The van der Waals surface area contributed by atoms with Gasteiger partial charge in [0.25, 0.3) is 0 Å². The lowest BCUT2D eigenvalue weighted by Crippen LogP contribution is -2.23. The third-order valence-corrected chi connectivity index (χ3v) is 3.40. The van der Waals surface area contributed by atoms with Crippen molar-refractivity contribution in [3.63, 3.8) is 0 Å². The Morgan fingerprint density at radius 3 is 2.89 bits per heavy atom. The number of nitrogens with zero attached hydrogens (tertiary/aromatic N) is 4. The molecule has 1 N–H and O–H groups in total. The van der Waals surface area contributed by atoms with Crippen molar-refractivity contribution < 1.29 is 0 Å². The van der Waals surface area contributed by atoms with E-state index in [1.54, 1.807) is 6.20 Å². The van der Waals surface area contributed by atoms with Gasteiger partial charge in [0.05, 0.1) is 28.1 Å². The Balaban J connectivity index is 2.48. The van der Waals surface area contributed by atoms with Gasteiger partial charge in [0, 0.05) is 12.7 Å². The van der Waals surface area contributed by atoms with Crippen molar-refractivity contribution in [3.05, 3.63) is 40.1 Å². The summed E-state index contributed by atoms with van der Waals surface area (Å²) in [5.41, 5.74) is 2.03. The predicted molar refractivity (Wildman–Crippen MR) is 73.3 cm³/mol. The van der Waals surface area contributed by atoms with Crippen LogP contribution in [-0.4, -0.2) is 26.8 Å². The molecule has 0 bridgehead atoms. The lowest BCUT2D eigenvalue weighted by molar-refractivity contribution is 0.552. The first-order chi connectivity index (χ1) is 8.67. The molecule has 1 unspecified atom stereocenters. The van der Waals surface area contributed by atoms with Crippen LogP contribution < -0.4 is 5.32 Å². The van der Waals surface area contributed by atoms with Crippen molar-refractivity contribution in [2.24, 2.45) is 0 Å². The van der Waals surface area contributed by atoms with Gasteiger partial charge >= 0.3 is 0 Å². The Hall–Kier alpha value is -1.27. The zero-order valence-electron chi connectivity index (χ0n) is 10.7. The van der Waals surface area contributed by atoms with Gasteiger partial charge in [-0.05, 0) is 42.9 Å². The molecule has 96 valence electrons. The zero-order chi connectivity index (χ0) is 13.1. The minimum atomic E-state index is 0.00326. The first-order valence-electron chi connectivity index (χ1n) is 5.85. The van der Waals surface area contributed by atoms with Crippen molar-refractivity contribution in [2.75, 3.05) is 7.05 Å². The van der Waals surface area contributed by atoms with Crippen LogP contribution in [0.4, 0.5) is 0 Å². The van der Waals surface area contributed by atoms with Crippen molar-refractivity contribution in [3.8, 4) is 0 Å². The van der Waals surface area contributed by atoms with Gasteiger partial charge in [-0.3, -0.25) is 4.68 Å². The molecule has 0 radical (unpaired) electrons. The molecule has 0 aliphatic carbocycles. The summed E-state index contributed by atoms with van der Waals surface area (Å²) in [6.07, 6.45) is 3.60. The summed E-state index contributed by atoms with van der Waals surface area (Å²) in [7, 11) is 1.92. The average molecular weight is 310 g/mol. The van der Waals surface area contributed by atoms with Crippen molar-refractivity contribution in [1.82, 2.24) is 25.1 Å². The second-order valence-corrected chi connectivity index (χ2v) is 4.80. The fourth-order valence-corrected chi connectivity index (χ4v) is 2.50. The highest BCUT2D eigenvalue weighted by Crippen LogP contribution is 2.27. The molecule has 0 aromatic carbocycles. The van der Waals surface area contributed by atoms with E-state index in [4.69, 9.17) is 0 Å². The smallest absolute Gasteiger partial charge is 0.125 e. The molecule has 0 saturated carbocycles. The van der Waals surface area contributed by atoms with Crippen molar-refractivity contribution >= 4 is 15.9 Å². The molecule has 0 fully saturated rings. The highest BCUT2D eigenvalue weighted by molar-refractivity contribution is 9.10. The van der Waals surface area contributed by atoms with E-state index in [2.05, 4.69) is 43.2 Å². The van der Waals surface area contributed by atoms with Crippen LogP contribution in [0.3, 0.4) is 0 Å². The van der Waals surface area contributed by atoms with Gasteiger partial charge in [-0.15, -0.1) is 0 Å². The maximum absolute atomic E-state index is 4.48. The van der Waals surface area contributed by atoms with Gasteiger partial charge in [0.2, 0.25) is 0 Å². The van der Waals surface area contributed by atoms with Crippen LogP contribution in [0.5, 0.6) is 0 Å². The minimum Gasteiger partial charge on any atom is -0.307 e. The Kier molecular flexibility index (Phi) is 4.08. The lowest BCUT2D eigenvalue weighted by Gasteiger charge is -2.18. The summed E-state index contributed by atoms with van der Waals surface area (Å²) in [6, 6.07) is 1.93. The first kappa shape index (κ1) is 13.2. The summed E-state index contributed by atoms with van der Waals surface area (Å²) >= 11 is 3.55. The number of aromatic nitrogens is 4. The molecule has 2 aromatic heterocycles. The van der Waals surface area contributed by atoms with E-state index < -0.39 is 0 Å². The maximum Gasteiger partial charge on any atom is 0.125 e. The van der Waals surface area contributed by atoms with E-state index in [0.29, 0.717) is 0 Å². The minimum absolute atomic E-state index is 0.00326. The molecule has 1 atom stereocenters. The summed E-state index contributed by atoms with van der Waals surface area (Å²) in [5.74, 6) is 0.770. The Morgan fingerprint density at radius 2 is 2.28 bits per heavy atom. The molecule has 5 nitrogen and oxygen atoms in total. The third kappa shape index (κ3) is 2.44. The fourth-order valence-electron chi connectivity index (χ4n) is 1.97. The fraction of sp³-hybridized carbons (Fsp3) is 0.417. The van der Waals surface area contributed by atoms with E-state index in [1.807, 2.05) is 30.9 Å². The van der Waals surface area contributed by atoms with E-state index >= 15 is 0 Å². The molecule has 2 rings (SSSR count). The molecule has 0 saturated heterocycles. The van der Waals surface area contributed by atoms with Gasteiger partial charge < -0.3 is 5.32 Å². The van der Waals surface area contributed by atoms with Crippen LogP contribution in [-0.2, 0) is 6.54 Å². The van der Waals surface area contributed by atoms with Gasteiger partial charge in [-0.1, -0.05) is 0 Å². The normalized spacial score (nSPS) is 12.7. The number of halogens is 1. The molecule has 0 aliphatic rings. The van der Waals surface area contributed by atoms with Gasteiger partial charge in [-0.2, -0.15) is 5.10 Å². The third-order valence-electron chi connectivity index (χ3n) is 2.79. The molecular weight excluding hydrogens is 294 g/mol. The largest absolute Gasteiger partial charge is 0.307 e. The molecule has 2 heterocycles. The molecule has 2 aromatic rings. The van der Waals surface area contributed by atoms with E-state index in [1.165, 1.54) is 0 Å². The van der Waals surface area contributed by atoms with E-state index in [9.17, 15) is 0 Å². The zero-order valence-corrected chi connectivity index (χ0v) is 12.3. The van der Waals surface area contributed by atoms with Crippen LogP contribution in [0.1, 0.15) is 30.2 Å². The molecule has 0 spiro atoms. The molecule has 6 heteroatoms. The molecule has 0 amide bonds. The maximum atomic E-state index is 4.48. The van der Waals surface area contributed by atoms with E-state index in [-0.39, 0.29) is 6.04 Å². The number of hydrogen-bond donors (Lipinski definition) is 1. The lowest BCUT2D eigenvalue weighted by atomic mass is 10.1. The molecular formula is C12H16BrN5. The monoisotopic (exact) mass is 309 g/mol. The average Bonchev–Trinajstić information content (AvgIpc) is 2.72. The Morgan fingerprint density at radius 1 is 1.50 bits per heavy atom. The van der Waals surface area contributed by atoms with Gasteiger partial charge in [0.1, 0.15) is 5.82 Å². The summed E-state index contributed by atoms with van der Waals surface area (Å²) in [6.45, 7) is 4.78. The number of hydrogen-bond acceptors (Lipinski definition) is 4. The Bertz CT molecular complexity index is 537. The SMILES string of the molecule is CCn1ncc(Br)c1C(NC)c1ccnc(C)n1. The summed E-state index contributed by atoms with van der Waals surface area (Å²) in [5, 5.41) is 7.62. The predicted octanol–water partition coefficient (Wildman–Crippen LogP) is 2.07. The van der Waals surface area contributed by atoms with Crippen molar-refractivity contribution in [1.29, 1.82) is 0 Å². The topological polar surface area (TPSA) is 55.6 Å². The second kappa shape index (κ2) is 5.58. The van der Waals surface area contributed by atoms with Gasteiger partial charge in [0.15, 0.2) is 0 Å². The quantitative estimate of drug-likeness (QED) is 0.939. The number of nitrogens with one attached hydrogen (secondary N) is 1. The Labute approximate surface area is 115 Å². The number of aryl methyl sites for hydroxylation is 2. The van der Waals surface area contributed by atoms with Crippen LogP contribution in [0.25, 0.3) is 0 Å².